The summed E-state index contributed by atoms with van der Waals surface area (Å²) in [6, 6.07) is 5.82. The normalized spacial score (nSPS) is 20.8. The smallest absolute Gasteiger partial charge is 0.263 e. The molecule has 0 aromatic heterocycles. The highest BCUT2D eigenvalue weighted by Gasteiger charge is 2.28. The lowest BCUT2D eigenvalue weighted by Gasteiger charge is -2.21. The van der Waals surface area contributed by atoms with E-state index in [1.54, 1.807) is 24.0 Å². The summed E-state index contributed by atoms with van der Waals surface area (Å²) in [5.41, 5.74) is 5.75. The Morgan fingerprint density at radius 3 is 3.00 bits per heavy atom. The molecule has 0 bridgehead atoms. The van der Waals surface area contributed by atoms with Gasteiger partial charge in [0.2, 0.25) is 0 Å². The molecule has 1 fully saturated rings. The van der Waals surface area contributed by atoms with Gasteiger partial charge in [0.05, 0.1) is 0 Å². The van der Waals surface area contributed by atoms with Crippen LogP contribution >= 0.6 is 0 Å². The lowest BCUT2D eigenvalue weighted by Crippen LogP contribution is -2.40. The van der Waals surface area contributed by atoms with Gasteiger partial charge in [-0.25, -0.2) is 4.39 Å². The zero-order chi connectivity index (χ0) is 13.1. The summed E-state index contributed by atoms with van der Waals surface area (Å²) in [5, 5.41) is 0. The van der Waals surface area contributed by atoms with Crippen molar-refractivity contribution in [2.24, 2.45) is 5.73 Å². The summed E-state index contributed by atoms with van der Waals surface area (Å²) < 4.78 is 18.4. The minimum atomic E-state index is -0.628. The van der Waals surface area contributed by atoms with Crippen LogP contribution in [0.25, 0.3) is 0 Å². The van der Waals surface area contributed by atoms with E-state index in [2.05, 4.69) is 0 Å². The van der Waals surface area contributed by atoms with Crippen LogP contribution in [0.15, 0.2) is 24.3 Å². The molecule has 2 N–H and O–H groups in total. The molecule has 1 aliphatic rings. The molecule has 1 heterocycles. The van der Waals surface area contributed by atoms with Gasteiger partial charge < -0.3 is 15.4 Å². The fourth-order valence-electron chi connectivity index (χ4n) is 2.04. The van der Waals surface area contributed by atoms with E-state index in [4.69, 9.17) is 10.5 Å². The van der Waals surface area contributed by atoms with Gasteiger partial charge in [-0.1, -0.05) is 6.07 Å². The SMILES string of the molecule is CC(Oc1cccc(F)c1)C(=O)N1CCC(N)C1. The van der Waals surface area contributed by atoms with E-state index in [9.17, 15) is 9.18 Å². The van der Waals surface area contributed by atoms with Gasteiger partial charge in [0.1, 0.15) is 11.6 Å². The Kier molecular flexibility index (Phi) is 3.81. The highest BCUT2D eigenvalue weighted by molar-refractivity contribution is 5.81. The maximum Gasteiger partial charge on any atom is 0.263 e. The fourth-order valence-corrected chi connectivity index (χ4v) is 2.04. The van der Waals surface area contributed by atoms with Crippen molar-refractivity contribution >= 4 is 5.91 Å². The maximum absolute atomic E-state index is 13.0. The second-order valence-corrected chi connectivity index (χ2v) is 4.55. The number of likely N-dealkylation sites (tertiary alicyclic amines) is 1. The number of carbonyl (C=O) groups is 1. The second kappa shape index (κ2) is 5.35. The van der Waals surface area contributed by atoms with Gasteiger partial charge in [0, 0.05) is 25.2 Å². The Morgan fingerprint density at radius 2 is 2.39 bits per heavy atom. The molecule has 2 rings (SSSR count). The summed E-state index contributed by atoms with van der Waals surface area (Å²) in [6.07, 6.45) is 0.190. The van der Waals surface area contributed by atoms with E-state index in [0.29, 0.717) is 18.8 Å². The molecule has 1 amide bonds. The van der Waals surface area contributed by atoms with E-state index in [0.717, 1.165) is 6.42 Å². The van der Waals surface area contributed by atoms with Gasteiger partial charge in [0.25, 0.3) is 5.91 Å². The van der Waals surface area contributed by atoms with Crippen LogP contribution in [0.3, 0.4) is 0 Å². The number of benzene rings is 1. The first-order chi connectivity index (χ1) is 8.56. The largest absolute Gasteiger partial charge is 0.481 e. The van der Waals surface area contributed by atoms with Crippen LogP contribution in [0.1, 0.15) is 13.3 Å². The van der Waals surface area contributed by atoms with Crippen LogP contribution in [0.4, 0.5) is 4.39 Å². The van der Waals surface area contributed by atoms with Crippen molar-refractivity contribution in [3.8, 4) is 5.75 Å². The third-order valence-electron chi connectivity index (χ3n) is 2.99. The number of amides is 1. The summed E-state index contributed by atoms with van der Waals surface area (Å²) in [7, 11) is 0. The molecule has 2 unspecified atom stereocenters. The van der Waals surface area contributed by atoms with Crippen molar-refractivity contribution in [3.05, 3.63) is 30.1 Å². The molecule has 0 spiro atoms. The van der Waals surface area contributed by atoms with E-state index >= 15 is 0 Å². The number of hydrogen-bond donors (Lipinski definition) is 1. The predicted octanol–water partition coefficient (Wildman–Crippen LogP) is 1.15. The predicted molar refractivity (Wildman–Crippen MR) is 65.7 cm³/mol. The zero-order valence-corrected chi connectivity index (χ0v) is 10.3. The highest BCUT2D eigenvalue weighted by Crippen LogP contribution is 2.16. The second-order valence-electron chi connectivity index (χ2n) is 4.55. The monoisotopic (exact) mass is 252 g/mol. The summed E-state index contributed by atoms with van der Waals surface area (Å²) in [6.45, 7) is 2.89. The zero-order valence-electron chi connectivity index (χ0n) is 10.3. The average Bonchev–Trinajstić information content (AvgIpc) is 2.75. The number of rotatable bonds is 3. The molecule has 1 aromatic carbocycles. The number of nitrogens with two attached hydrogens (primary N) is 1. The van der Waals surface area contributed by atoms with Crippen LogP contribution in [0, 0.1) is 5.82 Å². The molecule has 1 saturated heterocycles. The molecule has 18 heavy (non-hydrogen) atoms. The van der Waals surface area contributed by atoms with Crippen LogP contribution in [0.5, 0.6) is 5.75 Å². The Morgan fingerprint density at radius 1 is 1.61 bits per heavy atom. The van der Waals surface area contributed by atoms with Gasteiger partial charge >= 0.3 is 0 Å². The molecular weight excluding hydrogens is 235 g/mol. The highest BCUT2D eigenvalue weighted by atomic mass is 19.1. The summed E-state index contributed by atoms with van der Waals surface area (Å²) in [5.74, 6) is -0.123. The summed E-state index contributed by atoms with van der Waals surface area (Å²) >= 11 is 0. The minimum Gasteiger partial charge on any atom is -0.481 e. The van der Waals surface area contributed by atoms with Crippen LogP contribution < -0.4 is 10.5 Å². The molecule has 2 atom stereocenters. The Balaban J connectivity index is 1.95. The average molecular weight is 252 g/mol. The maximum atomic E-state index is 13.0. The molecule has 0 radical (unpaired) electrons. The third kappa shape index (κ3) is 2.98. The fraction of sp³-hybridized carbons (Fsp3) is 0.462. The number of hydrogen-bond acceptors (Lipinski definition) is 3. The molecule has 4 nitrogen and oxygen atoms in total. The lowest BCUT2D eigenvalue weighted by atomic mass is 10.3. The molecular formula is C13H17FN2O2. The minimum absolute atomic E-state index is 0.0512. The van der Waals surface area contributed by atoms with Gasteiger partial charge in [0.15, 0.2) is 6.10 Å². The van der Waals surface area contributed by atoms with Gasteiger partial charge in [-0.15, -0.1) is 0 Å². The van der Waals surface area contributed by atoms with Crippen LogP contribution in [-0.4, -0.2) is 36.0 Å². The van der Waals surface area contributed by atoms with E-state index < -0.39 is 6.10 Å². The number of ether oxygens (including phenoxy) is 1. The van der Waals surface area contributed by atoms with E-state index in [1.807, 2.05) is 0 Å². The van der Waals surface area contributed by atoms with Crippen molar-refractivity contribution in [2.75, 3.05) is 13.1 Å². The number of carbonyl (C=O) groups excluding carboxylic acids is 1. The number of halogens is 1. The van der Waals surface area contributed by atoms with Crippen molar-refractivity contribution in [1.82, 2.24) is 4.90 Å². The Bertz CT molecular complexity index is 439. The van der Waals surface area contributed by atoms with E-state index in [-0.39, 0.29) is 17.8 Å². The summed E-state index contributed by atoms with van der Waals surface area (Å²) in [4.78, 5) is 13.7. The standard InChI is InChI=1S/C13H17FN2O2/c1-9(13(17)16-6-5-11(15)8-16)18-12-4-2-3-10(14)7-12/h2-4,7,9,11H,5-6,8,15H2,1H3. The topological polar surface area (TPSA) is 55.6 Å². The quantitative estimate of drug-likeness (QED) is 0.878. The molecule has 0 saturated carbocycles. The molecule has 0 aliphatic carbocycles. The molecule has 1 aromatic rings. The van der Waals surface area contributed by atoms with Crippen LogP contribution in [0.2, 0.25) is 0 Å². The Hall–Kier alpha value is -1.62. The lowest BCUT2D eigenvalue weighted by molar-refractivity contribution is -0.136. The number of nitrogens with zero attached hydrogens (tertiary/aromatic N) is 1. The third-order valence-corrected chi connectivity index (χ3v) is 2.99. The van der Waals surface area contributed by atoms with Crippen molar-refractivity contribution in [3.63, 3.8) is 0 Å². The first-order valence-electron chi connectivity index (χ1n) is 6.03. The van der Waals surface area contributed by atoms with Crippen LogP contribution in [-0.2, 0) is 4.79 Å². The van der Waals surface area contributed by atoms with Gasteiger partial charge in [-0.3, -0.25) is 4.79 Å². The first-order valence-corrected chi connectivity index (χ1v) is 6.03. The van der Waals surface area contributed by atoms with Crippen molar-refractivity contribution < 1.29 is 13.9 Å². The molecule has 1 aliphatic heterocycles. The Labute approximate surface area is 106 Å². The van der Waals surface area contributed by atoms with Gasteiger partial charge in [-0.2, -0.15) is 0 Å². The molecule has 98 valence electrons. The first kappa shape index (κ1) is 12.8. The molecule has 5 heteroatoms. The van der Waals surface area contributed by atoms with Gasteiger partial charge in [-0.05, 0) is 25.5 Å². The van der Waals surface area contributed by atoms with E-state index in [1.165, 1.54) is 12.1 Å². The van der Waals surface area contributed by atoms with Crippen molar-refractivity contribution in [2.45, 2.75) is 25.5 Å². The van der Waals surface area contributed by atoms with Crippen molar-refractivity contribution in [1.29, 1.82) is 0 Å².